The molecule has 4 nitrogen and oxygen atoms in total. The maximum absolute atomic E-state index is 12.1. The third-order valence-electron chi connectivity index (χ3n) is 3.15. The van der Waals surface area contributed by atoms with Gasteiger partial charge in [0, 0.05) is 11.4 Å². The molecule has 0 unspecified atom stereocenters. The van der Waals surface area contributed by atoms with Crippen molar-refractivity contribution in [2.24, 2.45) is 0 Å². The molecule has 2 aromatic rings. The van der Waals surface area contributed by atoms with E-state index in [1.165, 1.54) is 22.3 Å². The number of carbonyl (C=O) groups is 2. The van der Waals surface area contributed by atoms with E-state index in [9.17, 15) is 14.7 Å². The average molecular weight is 315 g/mol. The van der Waals surface area contributed by atoms with Gasteiger partial charge < -0.3 is 10.0 Å². The van der Waals surface area contributed by atoms with E-state index in [4.69, 9.17) is 0 Å². The van der Waals surface area contributed by atoms with Gasteiger partial charge in [0.15, 0.2) is 0 Å². The van der Waals surface area contributed by atoms with Crippen LogP contribution in [-0.2, 0) is 4.79 Å². The van der Waals surface area contributed by atoms with Crippen LogP contribution in [-0.4, -0.2) is 23.5 Å². The lowest BCUT2D eigenvalue weighted by Gasteiger charge is -2.18. The molecule has 22 heavy (non-hydrogen) atoms. The van der Waals surface area contributed by atoms with Gasteiger partial charge in [-0.1, -0.05) is 36.4 Å². The zero-order valence-corrected chi connectivity index (χ0v) is 13.3. The molecule has 1 N–H and O–H groups in total. The third kappa shape index (κ3) is 3.26. The molecule has 0 fully saturated rings. The van der Waals surface area contributed by atoms with Gasteiger partial charge in [0.2, 0.25) is 0 Å². The number of thiophene rings is 1. The summed E-state index contributed by atoms with van der Waals surface area (Å²) in [4.78, 5) is 26.2. The lowest BCUT2D eigenvalue weighted by Crippen LogP contribution is -2.29. The van der Waals surface area contributed by atoms with Gasteiger partial charge in [0.05, 0.1) is 5.69 Å². The first kappa shape index (κ1) is 16.0. The van der Waals surface area contributed by atoms with E-state index < -0.39 is 5.97 Å². The fourth-order valence-corrected chi connectivity index (χ4v) is 3.16. The van der Waals surface area contributed by atoms with Crippen LogP contribution in [0, 0.1) is 0 Å². The second-order valence-electron chi connectivity index (χ2n) is 4.58. The van der Waals surface area contributed by atoms with E-state index >= 15 is 0 Å². The topological polar surface area (TPSA) is 57.6 Å². The van der Waals surface area contributed by atoms with Crippen LogP contribution in [0.5, 0.6) is 0 Å². The zero-order valence-electron chi connectivity index (χ0n) is 12.4. The van der Waals surface area contributed by atoms with Gasteiger partial charge in [-0.25, -0.2) is 4.79 Å². The van der Waals surface area contributed by atoms with E-state index in [1.807, 2.05) is 37.3 Å². The molecule has 0 radical (unpaired) electrons. The predicted molar refractivity (Wildman–Crippen MR) is 89.6 cm³/mol. The number of benzene rings is 1. The Labute approximate surface area is 133 Å². The molecule has 1 aromatic carbocycles. The molecule has 0 spiro atoms. The zero-order chi connectivity index (χ0) is 16.1. The standard InChI is InChI=1S/C17H17NO3S/c1-3-8-15(19)18(4-2)13-11-14(22-16(13)17(20)21)12-9-6-5-7-10-12/h3,5-11H,4H2,1-2H3,(H,20,21). The third-order valence-corrected chi connectivity index (χ3v) is 4.31. The molecule has 5 heteroatoms. The quantitative estimate of drug-likeness (QED) is 0.847. The Morgan fingerprint density at radius 2 is 1.95 bits per heavy atom. The van der Waals surface area contributed by atoms with Crippen molar-refractivity contribution in [2.45, 2.75) is 13.8 Å². The highest BCUT2D eigenvalue weighted by Gasteiger charge is 2.23. The molecule has 0 aliphatic rings. The Hall–Kier alpha value is -2.40. The lowest BCUT2D eigenvalue weighted by molar-refractivity contribution is -0.114. The first-order chi connectivity index (χ1) is 10.6. The molecular formula is C17H17NO3S. The minimum absolute atomic E-state index is 0.179. The number of amides is 1. The van der Waals surface area contributed by atoms with Crippen LogP contribution in [0.4, 0.5) is 5.69 Å². The molecule has 2 rings (SSSR count). The molecule has 0 saturated heterocycles. The van der Waals surface area contributed by atoms with Crippen molar-refractivity contribution in [1.29, 1.82) is 0 Å². The first-order valence-corrected chi connectivity index (χ1v) is 7.76. The van der Waals surface area contributed by atoms with Crippen LogP contribution in [0.2, 0.25) is 0 Å². The number of likely N-dealkylation sites (N-methyl/N-ethyl adjacent to an activating group) is 1. The molecule has 0 atom stereocenters. The maximum Gasteiger partial charge on any atom is 0.348 e. The number of anilines is 1. The molecule has 0 saturated carbocycles. The Balaban J connectivity index is 2.52. The minimum Gasteiger partial charge on any atom is -0.477 e. The minimum atomic E-state index is -1.02. The fraction of sp³-hybridized carbons (Fsp3) is 0.176. The van der Waals surface area contributed by atoms with Crippen molar-refractivity contribution in [3.05, 3.63) is 53.4 Å². The predicted octanol–water partition coefficient (Wildman–Crippen LogP) is 4.04. The number of hydrogen-bond acceptors (Lipinski definition) is 3. The Kier molecular flexibility index (Phi) is 5.12. The molecule has 1 heterocycles. The monoisotopic (exact) mass is 315 g/mol. The van der Waals surface area contributed by atoms with Crippen LogP contribution in [0.1, 0.15) is 23.5 Å². The number of carbonyl (C=O) groups excluding carboxylic acids is 1. The number of carboxylic acids is 1. The summed E-state index contributed by atoms with van der Waals surface area (Å²) in [6, 6.07) is 11.3. The Morgan fingerprint density at radius 1 is 1.27 bits per heavy atom. The highest BCUT2D eigenvalue weighted by atomic mass is 32.1. The summed E-state index contributed by atoms with van der Waals surface area (Å²) >= 11 is 1.18. The van der Waals surface area contributed by atoms with Crippen molar-refractivity contribution < 1.29 is 14.7 Å². The smallest absolute Gasteiger partial charge is 0.348 e. The number of nitrogens with zero attached hydrogens (tertiary/aromatic N) is 1. The molecule has 0 bridgehead atoms. The number of allylic oxidation sites excluding steroid dienone is 1. The van der Waals surface area contributed by atoms with E-state index in [1.54, 1.807) is 19.1 Å². The summed E-state index contributed by atoms with van der Waals surface area (Å²) < 4.78 is 0. The van der Waals surface area contributed by atoms with Crippen molar-refractivity contribution in [2.75, 3.05) is 11.4 Å². The largest absolute Gasteiger partial charge is 0.477 e. The second kappa shape index (κ2) is 7.04. The summed E-state index contributed by atoms with van der Waals surface area (Å²) in [5.74, 6) is -1.24. The number of carboxylic acid groups (broad SMARTS) is 1. The summed E-state index contributed by atoms with van der Waals surface area (Å²) in [7, 11) is 0. The molecular weight excluding hydrogens is 298 g/mol. The lowest BCUT2D eigenvalue weighted by atomic mass is 10.2. The number of hydrogen-bond donors (Lipinski definition) is 1. The SMILES string of the molecule is CC=CC(=O)N(CC)c1cc(-c2ccccc2)sc1C(=O)O. The van der Waals surface area contributed by atoms with Gasteiger partial charge in [-0.15, -0.1) is 11.3 Å². The van der Waals surface area contributed by atoms with Gasteiger partial charge in [0.25, 0.3) is 5.91 Å². The van der Waals surface area contributed by atoms with Gasteiger partial charge in [-0.2, -0.15) is 0 Å². The van der Waals surface area contributed by atoms with Crippen molar-refractivity contribution in [3.63, 3.8) is 0 Å². The van der Waals surface area contributed by atoms with Crippen LogP contribution < -0.4 is 4.90 Å². The summed E-state index contributed by atoms with van der Waals surface area (Å²) in [6.07, 6.45) is 3.09. The van der Waals surface area contributed by atoms with Crippen LogP contribution in [0.3, 0.4) is 0 Å². The second-order valence-corrected chi connectivity index (χ2v) is 5.63. The molecule has 0 aliphatic heterocycles. The summed E-state index contributed by atoms with van der Waals surface area (Å²) in [5, 5.41) is 9.44. The van der Waals surface area contributed by atoms with E-state index in [0.29, 0.717) is 12.2 Å². The van der Waals surface area contributed by atoms with Crippen molar-refractivity contribution in [3.8, 4) is 10.4 Å². The van der Waals surface area contributed by atoms with E-state index in [0.717, 1.165) is 10.4 Å². The normalized spacial score (nSPS) is 10.8. The highest BCUT2D eigenvalue weighted by Crippen LogP contribution is 2.37. The van der Waals surface area contributed by atoms with Gasteiger partial charge >= 0.3 is 5.97 Å². The first-order valence-electron chi connectivity index (χ1n) is 6.95. The van der Waals surface area contributed by atoms with Crippen LogP contribution >= 0.6 is 11.3 Å². The molecule has 0 aliphatic carbocycles. The Morgan fingerprint density at radius 3 is 2.50 bits per heavy atom. The highest BCUT2D eigenvalue weighted by molar-refractivity contribution is 7.18. The number of aromatic carboxylic acids is 1. The summed E-state index contributed by atoms with van der Waals surface area (Å²) in [6.45, 7) is 3.99. The van der Waals surface area contributed by atoms with Crippen molar-refractivity contribution in [1.82, 2.24) is 0 Å². The molecule has 114 valence electrons. The van der Waals surface area contributed by atoms with Gasteiger partial charge in [0.1, 0.15) is 4.88 Å². The average Bonchev–Trinajstić information content (AvgIpc) is 2.94. The maximum atomic E-state index is 12.1. The molecule has 1 aromatic heterocycles. The van der Waals surface area contributed by atoms with Crippen molar-refractivity contribution >= 4 is 28.9 Å². The van der Waals surface area contributed by atoms with Gasteiger partial charge in [-0.05, 0) is 31.6 Å². The summed E-state index contributed by atoms with van der Waals surface area (Å²) in [5.41, 5.74) is 1.39. The Bertz CT molecular complexity index is 704. The number of rotatable bonds is 5. The van der Waals surface area contributed by atoms with Crippen LogP contribution in [0.15, 0.2) is 48.6 Å². The van der Waals surface area contributed by atoms with E-state index in [-0.39, 0.29) is 10.8 Å². The van der Waals surface area contributed by atoms with Gasteiger partial charge in [-0.3, -0.25) is 4.79 Å². The fourth-order valence-electron chi connectivity index (χ4n) is 2.16. The van der Waals surface area contributed by atoms with Crippen LogP contribution in [0.25, 0.3) is 10.4 Å². The molecule has 1 amide bonds. The van der Waals surface area contributed by atoms with E-state index in [2.05, 4.69) is 0 Å².